The highest BCUT2D eigenvalue weighted by atomic mass is 19.4. The van der Waals surface area contributed by atoms with E-state index in [-0.39, 0.29) is 12.1 Å². The number of aromatic amines is 1. The van der Waals surface area contributed by atoms with Crippen LogP contribution >= 0.6 is 0 Å². The summed E-state index contributed by atoms with van der Waals surface area (Å²) in [7, 11) is 0. The average Bonchev–Trinajstić information content (AvgIpc) is 3.94. The van der Waals surface area contributed by atoms with Gasteiger partial charge >= 0.3 is 6.18 Å². The normalized spacial score (nSPS) is 15.3. The molecule has 7 rings (SSSR count). The lowest BCUT2D eigenvalue weighted by molar-refractivity contribution is -0.137. The Morgan fingerprint density at radius 2 is 1.58 bits per heavy atom. The van der Waals surface area contributed by atoms with E-state index in [4.69, 9.17) is 20.1 Å². The number of H-pyrrole nitrogens is 1. The Balaban J connectivity index is 1.34. The molecule has 4 aromatic heterocycles. The van der Waals surface area contributed by atoms with E-state index in [1.807, 2.05) is 22.6 Å². The number of halogens is 3. The van der Waals surface area contributed by atoms with Crippen LogP contribution in [0.2, 0.25) is 0 Å². The van der Waals surface area contributed by atoms with E-state index in [0.717, 1.165) is 46.8 Å². The van der Waals surface area contributed by atoms with Crippen LogP contribution in [0.1, 0.15) is 74.4 Å². The summed E-state index contributed by atoms with van der Waals surface area (Å²) in [6, 6.07) is 8.22. The number of nitrogens with zero attached hydrogens (tertiary/aromatic N) is 8. The third-order valence-electron chi connectivity index (χ3n) is 9.10. The second kappa shape index (κ2) is 12.2. The Labute approximate surface area is 278 Å². The Hall–Kier alpha value is -4.48. The van der Waals surface area contributed by atoms with Gasteiger partial charge in [-0.25, -0.2) is 19.6 Å². The van der Waals surface area contributed by atoms with Crippen molar-refractivity contribution in [3.8, 4) is 11.3 Å². The Morgan fingerprint density at radius 3 is 2.17 bits per heavy atom. The van der Waals surface area contributed by atoms with E-state index in [1.54, 1.807) is 31.6 Å². The van der Waals surface area contributed by atoms with E-state index in [2.05, 4.69) is 41.9 Å². The SMILES string of the molecule is Cc1cc(CN(Cc2cc3c(C)nn(C(C)(C)C)c3nc2N(CC2CC2)CC2CC2)c2ncc(-c3cc[nH]n3)cn2)cc(C(F)(F)F)c1. The first-order chi connectivity index (χ1) is 22.8. The molecule has 2 aliphatic rings. The Kier molecular flexibility index (Phi) is 8.15. The van der Waals surface area contributed by atoms with Gasteiger partial charge < -0.3 is 9.80 Å². The number of rotatable bonds is 11. The predicted octanol–water partition coefficient (Wildman–Crippen LogP) is 7.84. The van der Waals surface area contributed by atoms with Crippen molar-refractivity contribution >= 4 is 22.8 Å². The summed E-state index contributed by atoms with van der Waals surface area (Å²) in [6.07, 6.45) is 5.56. The molecule has 9 nitrogen and oxygen atoms in total. The van der Waals surface area contributed by atoms with Crippen molar-refractivity contribution in [1.29, 1.82) is 0 Å². The molecule has 0 radical (unpaired) electrons. The van der Waals surface area contributed by atoms with Gasteiger partial charge in [-0.05, 0) is 102 Å². The molecule has 0 atom stereocenters. The summed E-state index contributed by atoms with van der Waals surface area (Å²) in [4.78, 5) is 19.2. The molecule has 2 fully saturated rings. The largest absolute Gasteiger partial charge is 0.416 e. The number of pyridine rings is 1. The van der Waals surface area contributed by atoms with Gasteiger partial charge in [0.25, 0.3) is 0 Å². The minimum Gasteiger partial charge on any atom is -0.356 e. The van der Waals surface area contributed by atoms with Gasteiger partial charge in [0.1, 0.15) is 5.82 Å². The molecule has 0 aliphatic heterocycles. The zero-order valence-corrected chi connectivity index (χ0v) is 28.1. The highest BCUT2D eigenvalue weighted by Gasteiger charge is 2.33. The average molecular weight is 658 g/mol. The number of fused-ring (bicyclic) bond motifs is 1. The zero-order chi connectivity index (χ0) is 33.8. The van der Waals surface area contributed by atoms with Crippen LogP contribution in [-0.2, 0) is 24.8 Å². The lowest BCUT2D eigenvalue weighted by Gasteiger charge is -2.30. The van der Waals surface area contributed by atoms with Gasteiger partial charge in [0.15, 0.2) is 5.65 Å². The second-order valence-corrected chi connectivity index (χ2v) is 14.6. The van der Waals surface area contributed by atoms with E-state index in [1.165, 1.54) is 37.8 Å². The summed E-state index contributed by atoms with van der Waals surface area (Å²) in [5, 5.41) is 12.9. The fourth-order valence-corrected chi connectivity index (χ4v) is 6.32. The molecular weight excluding hydrogens is 615 g/mol. The molecule has 5 aromatic rings. The van der Waals surface area contributed by atoms with E-state index >= 15 is 0 Å². The van der Waals surface area contributed by atoms with E-state index in [0.29, 0.717) is 41.1 Å². The molecule has 0 amide bonds. The highest BCUT2D eigenvalue weighted by molar-refractivity contribution is 5.82. The molecule has 252 valence electrons. The maximum atomic E-state index is 13.9. The molecule has 2 aliphatic carbocycles. The molecule has 1 aromatic carbocycles. The van der Waals surface area contributed by atoms with Crippen molar-refractivity contribution in [3.05, 3.63) is 76.9 Å². The van der Waals surface area contributed by atoms with Crippen LogP contribution < -0.4 is 9.80 Å². The lowest BCUT2D eigenvalue weighted by atomic mass is 10.1. The molecule has 0 bridgehead atoms. The fraction of sp³-hybridized carbons (Fsp3) is 0.472. The number of anilines is 2. The van der Waals surface area contributed by atoms with Gasteiger partial charge in [-0.2, -0.15) is 23.4 Å². The van der Waals surface area contributed by atoms with Crippen LogP contribution in [0, 0.1) is 25.7 Å². The van der Waals surface area contributed by atoms with Crippen LogP contribution in [0.15, 0.2) is 48.9 Å². The number of aryl methyl sites for hydroxylation is 2. The maximum absolute atomic E-state index is 13.9. The van der Waals surface area contributed by atoms with Crippen molar-refractivity contribution < 1.29 is 13.2 Å². The van der Waals surface area contributed by atoms with Crippen LogP contribution in [0.5, 0.6) is 0 Å². The molecule has 0 saturated heterocycles. The standard InChI is InChI=1S/C36H42F3N9/c1-22-12-26(14-29(13-22)36(37,38)39)20-47(34-40-16-28(17-41-34)31-10-11-42-44-31)21-27-15-30-23(2)45-48(35(3,4)5)33(30)43-32(27)46(18-24-6-7-24)19-25-8-9-25/h10-17,24-25H,6-9,18-21H2,1-5H3,(H,42,44). The highest BCUT2D eigenvalue weighted by Crippen LogP contribution is 2.38. The number of hydrogen-bond acceptors (Lipinski definition) is 7. The van der Waals surface area contributed by atoms with E-state index < -0.39 is 11.7 Å². The van der Waals surface area contributed by atoms with Crippen LogP contribution in [0.4, 0.5) is 24.9 Å². The number of alkyl halides is 3. The first-order valence-corrected chi connectivity index (χ1v) is 16.7. The van der Waals surface area contributed by atoms with Crippen LogP contribution in [0.25, 0.3) is 22.3 Å². The quantitative estimate of drug-likeness (QED) is 0.155. The van der Waals surface area contributed by atoms with Gasteiger partial charge in [-0.1, -0.05) is 11.6 Å². The Morgan fingerprint density at radius 1 is 0.896 bits per heavy atom. The molecular formula is C36H42F3N9. The van der Waals surface area contributed by atoms with Crippen molar-refractivity contribution in [3.63, 3.8) is 0 Å². The first kappa shape index (κ1) is 32.1. The van der Waals surface area contributed by atoms with Crippen molar-refractivity contribution in [1.82, 2.24) is 34.9 Å². The first-order valence-electron chi connectivity index (χ1n) is 16.7. The maximum Gasteiger partial charge on any atom is 0.416 e. The van der Waals surface area contributed by atoms with Gasteiger partial charge in [0, 0.05) is 61.3 Å². The third kappa shape index (κ3) is 7.02. The summed E-state index contributed by atoms with van der Waals surface area (Å²) < 4.78 is 43.7. The Bertz CT molecular complexity index is 1880. The third-order valence-corrected chi connectivity index (χ3v) is 9.10. The molecule has 4 heterocycles. The summed E-state index contributed by atoms with van der Waals surface area (Å²) in [6.45, 7) is 12.5. The van der Waals surface area contributed by atoms with Gasteiger partial charge in [0.2, 0.25) is 5.95 Å². The molecule has 1 N–H and O–H groups in total. The number of hydrogen-bond donors (Lipinski definition) is 1. The lowest BCUT2D eigenvalue weighted by Crippen LogP contribution is -2.32. The van der Waals surface area contributed by atoms with Gasteiger partial charge in [-0.15, -0.1) is 0 Å². The molecule has 0 spiro atoms. The fourth-order valence-electron chi connectivity index (χ4n) is 6.32. The summed E-state index contributed by atoms with van der Waals surface area (Å²) in [5.74, 6) is 2.61. The summed E-state index contributed by atoms with van der Waals surface area (Å²) in [5.41, 5.74) is 4.29. The van der Waals surface area contributed by atoms with Gasteiger partial charge in [0.05, 0.1) is 22.5 Å². The predicted molar refractivity (Wildman–Crippen MR) is 181 cm³/mol. The van der Waals surface area contributed by atoms with E-state index in [9.17, 15) is 13.2 Å². The number of aromatic nitrogens is 7. The zero-order valence-electron chi connectivity index (χ0n) is 28.1. The number of nitrogens with one attached hydrogen (secondary N) is 1. The van der Waals surface area contributed by atoms with Crippen molar-refractivity contribution in [2.24, 2.45) is 11.8 Å². The number of benzene rings is 1. The molecule has 0 unspecified atom stereocenters. The minimum atomic E-state index is -4.45. The topological polar surface area (TPSA) is 91.7 Å². The molecule has 2 saturated carbocycles. The van der Waals surface area contributed by atoms with Crippen molar-refractivity contribution in [2.45, 2.75) is 85.1 Å². The summed E-state index contributed by atoms with van der Waals surface area (Å²) >= 11 is 0. The van der Waals surface area contributed by atoms with Crippen LogP contribution in [-0.4, -0.2) is 48.0 Å². The van der Waals surface area contributed by atoms with Crippen molar-refractivity contribution in [2.75, 3.05) is 22.9 Å². The second-order valence-electron chi connectivity index (χ2n) is 14.6. The molecule has 12 heteroatoms. The van der Waals surface area contributed by atoms with Gasteiger partial charge in [-0.3, -0.25) is 5.10 Å². The van der Waals surface area contributed by atoms with Crippen LogP contribution in [0.3, 0.4) is 0 Å². The molecule has 48 heavy (non-hydrogen) atoms. The minimum absolute atomic E-state index is 0.176. The smallest absolute Gasteiger partial charge is 0.356 e. The monoisotopic (exact) mass is 657 g/mol.